The van der Waals surface area contributed by atoms with Crippen molar-refractivity contribution in [1.29, 1.82) is 0 Å². The number of ether oxygens (including phenoxy) is 3. The van der Waals surface area contributed by atoms with E-state index >= 15 is 0 Å². The first-order chi connectivity index (χ1) is 14.9. The molecule has 164 valence electrons. The first kappa shape index (κ1) is 21.8. The molecule has 0 unspecified atom stereocenters. The first-order valence-electron chi connectivity index (χ1n) is 9.21. The number of aromatic carboxylic acids is 1. The average molecular weight is 485 g/mol. The molecule has 0 amide bonds. The molecule has 1 atom stereocenters. The molecule has 31 heavy (non-hydrogen) atoms. The van der Waals surface area contributed by atoms with Crippen molar-refractivity contribution in [2.45, 2.75) is 12.6 Å². The van der Waals surface area contributed by atoms with Crippen molar-refractivity contribution < 1.29 is 24.1 Å². The summed E-state index contributed by atoms with van der Waals surface area (Å²) in [4.78, 5) is 24.6. The lowest BCUT2D eigenvalue weighted by atomic mass is 10.1. The van der Waals surface area contributed by atoms with E-state index in [-0.39, 0.29) is 5.56 Å². The molecular formula is C20H18Cl2N2O6S. The number of aromatic nitrogens is 1. The van der Waals surface area contributed by atoms with E-state index in [1.165, 1.54) is 12.3 Å². The van der Waals surface area contributed by atoms with Gasteiger partial charge in [-0.1, -0.05) is 23.2 Å². The summed E-state index contributed by atoms with van der Waals surface area (Å²) < 4.78 is 18.6. The molecular weight excluding hydrogens is 467 g/mol. The molecule has 0 saturated heterocycles. The van der Waals surface area contributed by atoms with E-state index in [1.807, 2.05) is 0 Å². The first-order valence-corrected chi connectivity index (χ1v) is 10.9. The van der Waals surface area contributed by atoms with Crippen LogP contribution in [0.4, 0.5) is 0 Å². The third-order valence-corrected chi connectivity index (χ3v) is 6.44. The summed E-state index contributed by atoms with van der Waals surface area (Å²) >= 11 is 13.5. The summed E-state index contributed by atoms with van der Waals surface area (Å²) in [7, 11) is 1.61. The molecule has 0 radical (unpaired) electrons. The predicted octanol–water partition coefficient (Wildman–Crippen LogP) is 3.41. The number of halogens is 2. The van der Waals surface area contributed by atoms with Crippen molar-refractivity contribution in [2.75, 3.05) is 20.3 Å². The van der Waals surface area contributed by atoms with Crippen LogP contribution in [0.5, 0.6) is 11.5 Å². The zero-order valence-electron chi connectivity index (χ0n) is 16.2. The Bertz CT molecular complexity index is 1180. The number of carboxylic acid groups (broad SMARTS) is 1. The summed E-state index contributed by atoms with van der Waals surface area (Å²) in [5.74, 6) is -0.448. The Hall–Kier alpha value is -2.46. The molecule has 2 aromatic rings. The molecule has 2 N–H and O–H groups in total. The number of nitrogens with one attached hydrogen (secondary N) is 1. The van der Waals surface area contributed by atoms with Gasteiger partial charge in [-0.15, -0.1) is 11.4 Å². The number of nitrogens with zero attached hydrogens (tertiary/aromatic N) is 1. The minimum absolute atomic E-state index is 0.339. The molecule has 0 fully saturated rings. The van der Waals surface area contributed by atoms with Gasteiger partial charge in [0, 0.05) is 49.5 Å². The highest BCUT2D eigenvalue weighted by molar-refractivity contribution is 8.01. The van der Waals surface area contributed by atoms with Crippen LogP contribution in [-0.2, 0) is 4.74 Å². The van der Waals surface area contributed by atoms with E-state index in [0.717, 1.165) is 11.4 Å². The van der Waals surface area contributed by atoms with E-state index in [4.69, 9.17) is 37.4 Å². The quantitative estimate of drug-likeness (QED) is 0.239. The number of rotatable bonds is 7. The van der Waals surface area contributed by atoms with Gasteiger partial charge in [-0.05, 0) is 6.07 Å². The van der Waals surface area contributed by atoms with Crippen molar-refractivity contribution in [2.24, 2.45) is 0 Å². The van der Waals surface area contributed by atoms with Crippen molar-refractivity contribution in [3.63, 3.8) is 0 Å². The lowest BCUT2D eigenvalue weighted by molar-refractivity contribution is 0.0693. The maximum absolute atomic E-state index is 12.4. The average Bonchev–Trinajstić information content (AvgIpc) is 3.16. The maximum atomic E-state index is 12.4. The molecule has 8 nitrogen and oxygen atoms in total. The van der Waals surface area contributed by atoms with Gasteiger partial charge in [-0.2, -0.15) is 0 Å². The third-order valence-electron chi connectivity index (χ3n) is 4.72. The Morgan fingerprint density at radius 2 is 2.13 bits per heavy atom. The lowest BCUT2D eigenvalue weighted by Crippen LogP contribution is -2.27. The second kappa shape index (κ2) is 8.96. The number of fused-ring (bicyclic) bond motifs is 3. The zero-order valence-corrected chi connectivity index (χ0v) is 18.6. The molecule has 0 saturated carbocycles. The van der Waals surface area contributed by atoms with Crippen LogP contribution in [0.15, 0.2) is 39.3 Å². The van der Waals surface area contributed by atoms with Gasteiger partial charge in [0.05, 0.1) is 22.2 Å². The van der Waals surface area contributed by atoms with Crippen molar-refractivity contribution in [3.05, 3.63) is 55.3 Å². The molecule has 3 heterocycles. The van der Waals surface area contributed by atoms with E-state index in [2.05, 4.69) is 5.32 Å². The van der Waals surface area contributed by atoms with Crippen LogP contribution in [0.3, 0.4) is 0 Å². The molecule has 4 rings (SSSR count). The summed E-state index contributed by atoms with van der Waals surface area (Å²) in [5.41, 5.74) is 1.77. The Morgan fingerprint density at radius 3 is 2.81 bits per heavy atom. The molecule has 1 aromatic heterocycles. The number of carbonyl (C=O) groups is 1. The fraction of sp³-hybridized carbons (Fsp3) is 0.250. The van der Waals surface area contributed by atoms with Crippen LogP contribution < -0.4 is 20.2 Å². The fourth-order valence-corrected chi connectivity index (χ4v) is 4.68. The highest BCUT2D eigenvalue weighted by Gasteiger charge is 2.32. The standard InChI is InChI=1S/C20H18Cl2N2O6S/c1-28-3-2-4-29-16-7-15-10(5-12(16)21)13-6-14(25)11(20(26)27)8-24(13)19(30-15)17-18(22)23-9-31-17/h5-9,19,23,31H,2-4H2,1H3,(H,26,27)/t19-/m0/s1. The van der Waals surface area contributed by atoms with Crippen LogP contribution in [0.25, 0.3) is 11.3 Å². The summed E-state index contributed by atoms with van der Waals surface area (Å²) in [6, 6.07) is 4.57. The van der Waals surface area contributed by atoms with Gasteiger partial charge in [0.1, 0.15) is 22.2 Å². The van der Waals surface area contributed by atoms with Gasteiger partial charge in [-0.25, -0.2) is 4.79 Å². The van der Waals surface area contributed by atoms with Crippen molar-refractivity contribution in [3.8, 4) is 22.8 Å². The molecule has 0 aliphatic carbocycles. The molecule has 1 aromatic carbocycles. The van der Waals surface area contributed by atoms with Crippen molar-refractivity contribution >= 4 is 46.0 Å². The van der Waals surface area contributed by atoms with Crippen LogP contribution >= 0.6 is 34.6 Å². The molecule has 0 bridgehead atoms. The fourth-order valence-electron chi connectivity index (χ4n) is 3.27. The monoisotopic (exact) mass is 484 g/mol. The highest BCUT2D eigenvalue weighted by Crippen LogP contribution is 2.46. The molecule has 11 heteroatoms. The number of carboxylic acids is 1. The van der Waals surface area contributed by atoms with Crippen LogP contribution in [0.2, 0.25) is 5.02 Å². The Kier molecular flexibility index (Phi) is 6.29. The van der Waals surface area contributed by atoms with E-state index < -0.39 is 17.6 Å². The molecule has 0 spiro atoms. The van der Waals surface area contributed by atoms with Gasteiger partial charge in [-0.3, -0.25) is 4.79 Å². The van der Waals surface area contributed by atoms with E-state index in [1.54, 1.807) is 29.3 Å². The zero-order chi connectivity index (χ0) is 22.1. The maximum Gasteiger partial charge on any atom is 0.341 e. The number of hydrogen-bond donors (Lipinski definition) is 3. The predicted molar refractivity (Wildman–Crippen MR) is 121 cm³/mol. The Balaban J connectivity index is 1.83. The summed E-state index contributed by atoms with van der Waals surface area (Å²) in [5, 5.41) is 13.0. The topological polar surface area (TPSA) is 99.0 Å². The van der Waals surface area contributed by atoms with Crippen LogP contribution in [-0.4, -0.2) is 41.5 Å². The SMILES string of the molecule is COCCCOc1cc2c(cc1Cl)-c1cc(=O)c(C(=O)O)cn1[C@H](C1=C(Cl)NC=[SH]1)O2. The number of thiol groups is 1. The van der Waals surface area contributed by atoms with E-state index in [9.17, 15) is 14.7 Å². The van der Waals surface area contributed by atoms with Gasteiger partial charge in [0.25, 0.3) is 0 Å². The van der Waals surface area contributed by atoms with Crippen molar-refractivity contribution in [1.82, 2.24) is 9.88 Å². The number of methoxy groups -OCH3 is 1. The largest absolute Gasteiger partial charge is 0.492 e. The van der Waals surface area contributed by atoms with Crippen LogP contribution in [0, 0.1) is 0 Å². The summed E-state index contributed by atoms with van der Waals surface area (Å²) in [6.45, 7) is 0.959. The smallest absolute Gasteiger partial charge is 0.341 e. The normalized spacial score (nSPS) is 16.7. The Morgan fingerprint density at radius 1 is 1.32 bits per heavy atom. The number of hydrogen-bond acceptors (Lipinski definition) is 6. The van der Waals surface area contributed by atoms with Gasteiger partial charge in [0.2, 0.25) is 6.23 Å². The second-order valence-corrected chi connectivity index (χ2v) is 8.48. The minimum Gasteiger partial charge on any atom is -0.492 e. The van der Waals surface area contributed by atoms with Gasteiger partial charge < -0.3 is 29.2 Å². The van der Waals surface area contributed by atoms with Gasteiger partial charge in [0.15, 0.2) is 5.43 Å². The number of pyridine rings is 1. The van der Waals surface area contributed by atoms with Crippen LogP contribution in [0.1, 0.15) is 23.0 Å². The van der Waals surface area contributed by atoms with Gasteiger partial charge >= 0.3 is 5.97 Å². The Labute approximate surface area is 190 Å². The summed E-state index contributed by atoms with van der Waals surface area (Å²) in [6.07, 6.45) is 1.19. The lowest BCUT2D eigenvalue weighted by Gasteiger charge is -2.32. The second-order valence-electron chi connectivity index (χ2n) is 6.69. The number of benzene rings is 1. The third kappa shape index (κ3) is 4.18. The van der Waals surface area contributed by atoms with E-state index in [0.29, 0.717) is 57.5 Å². The highest BCUT2D eigenvalue weighted by atomic mass is 35.5. The minimum atomic E-state index is -1.32. The molecule has 2 aliphatic heterocycles. The molecule has 2 aliphatic rings.